The molecule has 1 aliphatic heterocycles. The van der Waals surface area contributed by atoms with E-state index in [2.05, 4.69) is 5.32 Å². The van der Waals surface area contributed by atoms with Crippen LogP contribution in [0.4, 0.5) is 23.7 Å². The van der Waals surface area contributed by atoms with Crippen LogP contribution in [0.1, 0.15) is 42.5 Å². The van der Waals surface area contributed by atoms with Gasteiger partial charge in [-0.2, -0.15) is 28.0 Å². The number of amides is 2. The van der Waals surface area contributed by atoms with Crippen molar-refractivity contribution in [3.8, 4) is 12.1 Å². The Kier molecular flexibility index (Phi) is 6.29. The molecule has 12 heteroatoms. The number of nitrogens with zero attached hydrogens (tertiary/aromatic N) is 4. The summed E-state index contributed by atoms with van der Waals surface area (Å²) in [6.07, 6.45) is -3.25. The Morgan fingerprint density at radius 3 is 2.39 bits per heavy atom. The van der Waals surface area contributed by atoms with Crippen LogP contribution in [-0.4, -0.2) is 31.8 Å². The lowest BCUT2D eigenvalue weighted by molar-refractivity contribution is -0.137. The van der Waals surface area contributed by atoms with Crippen molar-refractivity contribution in [3.63, 3.8) is 0 Å². The minimum Gasteiger partial charge on any atom is -0.326 e. The fourth-order valence-corrected chi connectivity index (χ4v) is 5.78. The Morgan fingerprint density at radius 1 is 1.11 bits per heavy atom. The van der Waals surface area contributed by atoms with Crippen LogP contribution in [0, 0.1) is 22.7 Å². The summed E-state index contributed by atoms with van der Waals surface area (Å²) in [6.45, 7) is 1.40. The van der Waals surface area contributed by atoms with Crippen molar-refractivity contribution in [3.05, 3.63) is 70.4 Å². The van der Waals surface area contributed by atoms with E-state index in [9.17, 15) is 36.9 Å². The molecule has 2 aromatic rings. The van der Waals surface area contributed by atoms with Gasteiger partial charge in [-0.05, 0) is 55.7 Å². The Hall–Kier alpha value is -3.87. The maximum atomic E-state index is 13.4. The van der Waals surface area contributed by atoms with Crippen molar-refractivity contribution in [2.75, 3.05) is 11.9 Å². The van der Waals surface area contributed by atoms with Gasteiger partial charge in [0.1, 0.15) is 0 Å². The number of nitrogens with one attached hydrogen (secondary N) is 1. The summed E-state index contributed by atoms with van der Waals surface area (Å²) < 4.78 is 67.7. The third-order valence-electron chi connectivity index (χ3n) is 6.21. The van der Waals surface area contributed by atoms with Crippen LogP contribution in [0.5, 0.6) is 0 Å². The molecule has 0 aromatic heterocycles. The maximum absolute atomic E-state index is 13.4. The monoisotopic (exact) mass is 515 g/mol. The van der Waals surface area contributed by atoms with Crippen LogP contribution in [0.2, 0.25) is 0 Å². The van der Waals surface area contributed by atoms with Crippen molar-refractivity contribution in [2.24, 2.45) is 0 Å². The Bertz CT molecular complexity index is 1470. The molecular formula is C24H20F3N5O3S. The molecule has 1 heterocycles. The molecule has 0 spiro atoms. The molecule has 2 aromatic carbocycles. The summed E-state index contributed by atoms with van der Waals surface area (Å²) in [7, 11) is -2.65. The first-order valence-corrected chi connectivity index (χ1v) is 12.2. The predicted octanol–water partition coefficient (Wildman–Crippen LogP) is 4.43. The molecule has 8 nitrogen and oxygen atoms in total. The van der Waals surface area contributed by atoms with Gasteiger partial charge in [0.05, 0.1) is 45.5 Å². The van der Waals surface area contributed by atoms with Gasteiger partial charge in [-0.3, -0.25) is 4.90 Å². The number of halogens is 3. The van der Waals surface area contributed by atoms with Crippen molar-refractivity contribution < 1.29 is 26.4 Å². The van der Waals surface area contributed by atoms with Crippen molar-refractivity contribution in [2.45, 2.75) is 42.9 Å². The SMILES string of the molecule is CC1=C(C#N)C(c2ccc(C#N)cc2S(=O)(=O)N(C)C2CC2)NC(=O)N1c1cccc(C(F)(F)F)c1. The highest BCUT2D eigenvalue weighted by Gasteiger charge is 2.40. The van der Waals surface area contributed by atoms with Gasteiger partial charge in [0.25, 0.3) is 0 Å². The molecule has 0 radical (unpaired) electrons. The number of allylic oxidation sites excluding steroid dienone is 1. The highest BCUT2D eigenvalue weighted by atomic mass is 32.2. The molecule has 1 atom stereocenters. The van der Waals surface area contributed by atoms with Gasteiger partial charge >= 0.3 is 12.2 Å². The van der Waals surface area contributed by atoms with Crippen molar-refractivity contribution in [1.29, 1.82) is 10.5 Å². The number of carbonyl (C=O) groups is 1. The highest BCUT2D eigenvalue weighted by Crippen LogP contribution is 2.39. The molecule has 0 bridgehead atoms. The van der Waals surface area contributed by atoms with E-state index in [1.54, 1.807) is 0 Å². The molecule has 4 rings (SSSR count). The number of rotatable bonds is 5. The second-order valence-corrected chi connectivity index (χ2v) is 10.5. The molecule has 1 N–H and O–H groups in total. The number of benzene rings is 2. The second-order valence-electron chi connectivity index (χ2n) is 8.49. The van der Waals surface area contributed by atoms with Crippen LogP contribution in [0.3, 0.4) is 0 Å². The second kappa shape index (κ2) is 8.97. The number of alkyl halides is 3. The van der Waals surface area contributed by atoms with E-state index in [1.165, 1.54) is 42.5 Å². The normalized spacial score (nSPS) is 18.6. The van der Waals surface area contributed by atoms with E-state index in [0.717, 1.165) is 23.1 Å². The molecule has 1 unspecified atom stereocenters. The van der Waals surface area contributed by atoms with Gasteiger partial charge in [-0.1, -0.05) is 12.1 Å². The van der Waals surface area contributed by atoms with Crippen molar-refractivity contribution in [1.82, 2.24) is 9.62 Å². The quantitative estimate of drug-likeness (QED) is 0.632. The van der Waals surface area contributed by atoms with Crippen LogP contribution >= 0.6 is 0 Å². The van der Waals surface area contributed by atoms with E-state index in [0.29, 0.717) is 12.8 Å². The van der Waals surface area contributed by atoms with Gasteiger partial charge in [-0.25, -0.2) is 13.2 Å². The molecular weight excluding hydrogens is 495 g/mol. The molecule has 36 heavy (non-hydrogen) atoms. The number of urea groups is 1. The van der Waals surface area contributed by atoms with Gasteiger partial charge < -0.3 is 5.32 Å². The summed E-state index contributed by atoms with van der Waals surface area (Å²) in [5.74, 6) is 0. The molecule has 1 fully saturated rings. The Morgan fingerprint density at radius 2 is 1.81 bits per heavy atom. The average Bonchev–Trinajstić information content (AvgIpc) is 3.68. The maximum Gasteiger partial charge on any atom is 0.416 e. The minimum absolute atomic E-state index is 0.0498. The van der Waals surface area contributed by atoms with Gasteiger partial charge in [0, 0.05) is 18.8 Å². The molecule has 1 aliphatic carbocycles. The molecule has 0 saturated heterocycles. The average molecular weight is 516 g/mol. The lowest BCUT2D eigenvalue weighted by Crippen LogP contribution is -2.47. The lowest BCUT2D eigenvalue weighted by Gasteiger charge is -2.35. The van der Waals surface area contributed by atoms with Gasteiger partial charge in [0.15, 0.2) is 0 Å². The first-order valence-electron chi connectivity index (χ1n) is 10.8. The number of nitriles is 2. The van der Waals surface area contributed by atoms with Crippen molar-refractivity contribution >= 4 is 21.7 Å². The van der Waals surface area contributed by atoms with E-state index < -0.39 is 33.8 Å². The van der Waals surface area contributed by atoms with Crippen LogP contribution in [-0.2, 0) is 16.2 Å². The van der Waals surface area contributed by atoms with E-state index in [-0.39, 0.29) is 39.0 Å². The third-order valence-corrected chi connectivity index (χ3v) is 8.17. The fourth-order valence-electron chi connectivity index (χ4n) is 4.11. The van der Waals surface area contributed by atoms with Crippen LogP contribution in [0.15, 0.2) is 58.6 Å². The number of hydrogen-bond acceptors (Lipinski definition) is 5. The van der Waals surface area contributed by atoms with E-state index in [1.807, 2.05) is 12.1 Å². The van der Waals surface area contributed by atoms with Crippen LogP contribution < -0.4 is 10.2 Å². The van der Waals surface area contributed by atoms with Crippen LogP contribution in [0.25, 0.3) is 0 Å². The number of hydrogen-bond donors (Lipinski definition) is 1. The van der Waals surface area contributed by atoms with E-state index >= 15 is 0 Å². The lowest BCUT2D eigenvalue weighted by atomic mass is 9.94. The molecule has 2 aliphatic rings. The summed E-state index contributed by atoms with van der Waals surface area (Å²) in [5, 5.41) is 21.9. The third kappa shape index (κ3) is 4.41. The highest BCUT2D eigenvalue weighted by molar-refractivity contribution is 7.89. The largest absolute Gasteiger partial charge is 0.416 e. The summed E-state index contributed by atoms with van der Waals surface area (Å²) in [6, 6.07) is 9.68. The first-order chi connectivity index (χ1) is 16.9. The molecule has 2 amide bonds. The zero-order valence-electron chi connectivity index (χ0n) is 19.2. The summed E-state index contributed by atoms with van der Waals surface area (Å²) in [5.41, 5.74) is -0.920. The number of anilines is 1. The standard InChI is InChI=1S/C24H20F3N5O3S/c1-14-20(13-29)22(30-23(33)32(14)18-5-3-4-16(11-18)24(25,26)27)19-9-6-15(12-28)10-21(19)36(34,35)31(2)17-7-8-17/h3-6,9-11,17,22H,7-8H2,1-2H3,(H,30,33). The number of carbonyl (C=O) groups excluding carboxylic acids is 1. The zero-order valence-corrected chi connectivity index (χ0v) is 20.0. The zero-order chi connectivity index (χ0) is 26.4. The molecule has 186 valence electrons. The predicted molar refractivity (Wildman–Crippen MR) is 123 cm³/mol. The fraction of sp³-hybridized carbons (Fsp3) is 0.292. The molecule has 1 saturated carbocycles. The Labute approximate surface area is 205 Å². The van der Waals surface area contributed by atoms with E-state index in [4.69, 9.17) is 0 Å². The Balaban J connectivity index is 1.85. The smallest absolute Gasteiger partial charge is 0.326 e. The minimum atomic E-state index is -4.64. The summed E-state index contributed by atoms with van der Waals surface area (Å²) in [4.78, 5) is 13.8. The topological polar surface area (TPSA) is 117 Å². The van der Waals surface area contributed by atoms with Gasteiger partial charge in [-0.15, -0.1) is 0 Å². The first kappa shape index (κ1) is 25.2. The number of sulfonamides is 1. The summed E-state index contributed by atoms with van der Waals surface area (Å²) >= 11 is 0. The van der Waals surface area contributed by atoms with Gasteiger partial charge in [0.2, 0.25) is 10.0 Å².